The normalized spacial score (nSPS) is 16.6. The summed E-state index contributed by atoms with van der Waals surface area (Å²) < 4.78 is 9.79. The van der Waals surface area contributed by atoms with Crippen LogP contribution in [0, 0.1) is 5.92 Å². The third-order valence-electron chi connectivity index (χ3n) is 2.37. The molecule has 0 radical (unpaired) electrons. The molecule has 94 valence electrons. The minimum atomic E-state index is -1.79. The van der Waals surface area contributed by atoms with Crippen LogP contribution in [0.25, 0.3) is 0 Å². The second kappa shape index (κ2) is 5.81. The molecule has 0 rings (SSSR count). The SMILES string of the molecule is COCC(C)OC(=O)[C@@](N)(C(N)=O)C(C)C. The fourth-order valence-electron chi connectivity index (χ4n) is 1.17. The van der Waals surface area contributed by atoms with E-state index in [0.29, 0.717) is 0 Å². The largest absolute Gasteiger partial charge is 0.458 e. The molecular weight excluding hydrogens is 212 g/mol. The fraction of sp³-hybridized carbons (Fsp3) is 0.800. The Hall–Kier alpha value is -1.14. The molecule has 0 fully saturated rings. The fourth-order valence-corrected chi connectivity index (χ4v) is 1.17. The number of ether oxygens (including phenoxy) is 2. The van der Waals surface area contributed by atoms with Crippen LogP contribution in [0.4, 0.5) is 0 Å². The van der Waals surface area contributed by atoms with Gasteiger partial charge in [-0.25, -0.2) is 4.79 Å². The van der Waals surface area contributed by atoms with Crippen molar-refractivity contribution in [3.63, 3.8) is 0 Å². The zero-order chi connectivity index (χ0) is 12.9. The highest BCUT2D eigenvalue weighted by molar-refractivity contribution is 6.06. The summed E-state index contributed by atoms with van der Waals surface area (Å²) in [6.07, 6.45) is -0.474. The molecular formula is C10H20N2O4. The van der Waals surface area contributed by atoms with Gasteiger partial charge in [-0.1, -0.05) is 13.8 Å². The van der Waals surface area contributed by atoms with Crippen LogP contribution in [0.2, 0.25) is 0 Å². The third kappa shape index (κ3) is 3.18. The van der Waals surface area contributed by atoms with Gasteiger partial charge in [0.05, 0.1) is 6.61 Å². The Bertz CT molecular complexity index is 268. The maximum absolute atomic E-state index is 11.7. The average Bonchev–Trinajstić information content (AvgIpc) is 2.15. The predicted molar refractivity (Wildman–Crippen MR) is 58.4 cm³/mol. The lowest BCUT2D eigenvalue weighted by Crippen LogP contribution is -2.62. The lowest BCUT2D eigenvalue weighted by molar-refractivity contribution is -0.161. The van der Waals surface area contributed by atoms with E-state index in [1.807, 2.05) is 0 Å². The molecule has 6 heteroatoms. The molecule has 0 aliphatic rings. The maximum Gasteiger partial charge on any atom is 0.336 e. The van der Waals surface area contributed by atoms with Crippen LogP contribution in [-0.4, -0.2) is 37.2 Å². The van der Waals surface area contributed by atoms with Crippen molar-refractivity contribution in [2.24, 2.45) is 17.4 Å². The molecule has 2 atom stereocenters. The van der Waals surface area contributed by atoms with Gasteiger partial charge in [-0.05, 0) is 12.8 Å². The maximum atomic E-state index is 11.7. The van der Waals surface area contributed by atoms with E-state index >= 15 is 0 Å². The number of hydrogen-bond donors (Lipinski definition) is 2. The van der Waals surface area contributed by atoms with Crippen LogP contribution in [-0.2, 0) is 19.1 Å². The van der Waals surface area contributed by atoms with E-state index in [2.05, 4.69) is 0 Å². The Morgan fingerprint density at radius 3 is 2.12 bits per heavy atom. The lowest BCUT2D eigenvalue weighted by atomic mass is 9.87. The highest BCUT2D eigenvalue weighted by atomic mass is 16.6. The number of nitrogens with two attached hydrogens (primary N) is 2. The third-order valence-corrected chi connectivity index (χ3v) is 2.37. The first-order valence-corrected chi connectivity index (χ1v) is 5.05. The summed E-state index contributed by atoms with van der Waals surface area (Å²) in [7, 11) is 1.48. The molecule has 0 aliphatic carbocycles. The van der Waals surface area contributed by atoms with Crippen LogP contribution < -0.4 is 11.5 Å². The molecule has 1 amide bonds. The number of esters is 1. The number of primary amides is 1. The van der Waals surface area contributed by atoms with Gasteiger partial charge in [0.15, 0.2) is 5.54 Å². The minimum Gasteiger partial charge on any atom is -0.458 e. The van der Waals surface area contributed by atoms with Gasteiger partial charge in [0.25, 0.3) is 0 Å². The number of hydrogen-bond acceptors (Lipinski definition) is 5. The summed E-state index contributed by atoms with van der Waals surface area (Å²) in [6.45, 7) is 5.14. The van der Waals surface area contributed by atoms with E-state index in [-0.39, 0.29) is 6.61 Å². The van der Waals surface area contributed by atoms with Crippen LogP contribution in [0.5, 0.6) is 0 Å². The van der Waals surface area contributed by atoms with Gasteiger partial charge < -0.3 is 20.9 Å². The van der Waals surface area contributed by atoms with Crippen molar-refractivity contribution >= 4 is 11.9 Å². The smallest absolute Gasteiger partial charge is 0.336 e. The second-order valence-electron chi connectivity index (χ2n) is 4.06. The monoisotopic (exact) mass is 232 g/mol. The highest BCUT2D eigenvalue weighted by Gasteiger charge is 2.45. The summed E-state index contributed by atoms with van der Waals surface area (Å²) in [5, 5.41) is 0. The van der Waals surface area contributed by atoms with Gasteiger partial charge >= 0.3 is 5.97 Å². The first-order valence-electron chi connectivity index (χ1n) is 5.05. The topological polar surface area (TPSA) is 105 Å². The summed E-state index contributed by atoms with van der Waals surface area (Å²) in [4.78, 5) is 22.9. The van der Waals surface area contributed by atoms with E-state index in [9.17, 15) is 9.59 Å². The molecule has 0 spiro atoms. The summed E-state index contributed by atoms with van der Waals surface area (Å²) in [5.74, 6) is -2.15. The molecule has 0 heterocycles. The average molecular weight is 232 g/mol. The van der Waals surface area contributed by atoms with E-state index in [0.717, 1.165) is 0 Å². The molecule has 16 heavy (non-hydrogen) atoms. The number of amides is 1. The Morgan fingerprint density at radius 1 is 1.31 bits per heavy atom. The van der Waals surface area contributed by atoms with Gasteiger partial charge in [0.2, 0.25) is 5.91 Å². The Balaban J connectivity index is 4.71. The van der Waals surface area contributed by atoms with Crippen LogP contribution in [0.1, 0.15) is 20.8 Å². The predicted octanol–water partition coefficient (Wildman–Crippen LogP) is -0.597. The molecule has 0 bridgehead atoms. The van der Waals surface area contributed by atoms with Crippen LogP contribution in [0.15, 0.2) is 0 Å². The van der Waals surface area contributed by atoms with Crippen molar-refractivity contribution in [3.05, 3.63) is 0 Å². The van der Waals surface area contributed by atoms with Crippen LogP contribution >= 0.6 is 0 Å². The first kappa shape index (κ1) is 14.9. The number of rotatable bonds is 6. The summed E-state index contributed by atoms with van der Waals surface area (Å²) >= 11 is 0. The molecule has 0 saturated heterocycles. The molecule has 4 N–H and O–H groups in total. The van der Waals surface area contributed by atoms with Gasteiger partial charge in [-0.2, -0.15) is 0 Å². The molecule has 0 saturated carbocycles. The van der Waals surface area contributed by atoms with E-state index < -0.39 is 29.4 Å². The standard InChI is InChI=1S/C10H20N2O4/c1-6(2)10(12,8(11)13)9(14)16-7(3)5-15-4/h6-7H,5,12H2,1-4H3,(H2,11,13)/t7?,10-/m0/s1. The van der Waals surface area contributed by atoms with Crippen molar-refractivity contribution in [1.82, 2.24) is 0 Å². The Labute approximate surface area is 95.3 Å². The second-order valence-corrected chi connectivity index (χ2v) is 4.06. The van der Waals surface area contributed by atoms with Crippen molar-refractivity contribution in [2.45, 2.75) is 32.4 Å². The Morgan fingerprint density at radius 2 is 1.81 bits per heavy atom. The number of carbonyl (C=O) groups is 2. The van der Waals surface area contributed by atoms with Gasteiger partial charge in [0.1, 0.15) is 6.10 Å². The molecule has 0 aliphatic heterocycles. The van der Waals surface area contributed by atoms with Gasteiger partial charge in [-0.3, -0.25) is 4.79 Å². The van der Waals surface area contributed by atoms with Gasteiger partial charge in [-0.15, -0.1) is 0 Å². The quantitative estimate of drug-likeness (QED) is 0.470. The number of methoxy groups -OCH3 is 1. The number of carbonyl (C=O) groups excluding carboxylic acids is 2. The molecule has 0 aromatic carbocycles. The minimum absolute atomic E-state index is 0.235. The van der Waals surface area contributed by atoms with Gasteiger partial charge in [0, 0.05) is 7.11 Å². The molecule has 0 aromatic rings. The first-order chi connectivity index (χ1) is 7.26. The molecule has 1 unspecified atom stereocenters. The zero-order valence-electron chi connectivity index (χ0n) is 10.1. The highest BCUT2D eigenvalue weighted by Crippen LogP contribution is 2.16. The van der Waals surface area contributed by atoms with E-state index in [4.69, 9.17) is 20.9 Å². The van der Waals surface area contributed by atoms with Crippen molar-refractivity contribution in [2.75, 3.05) is 13.7 Å². The summed E-state index contributed by atoms with van der Waals surface area (Å²) in [6, 6.07) is 0. The van der Waals surface area contributed by atoms with Crippen LogP contribution in [0.3, 0.4) is 0 Å². The van der Waals surface area contributed by atoms with Crippen molar-refractivity contribution in [3.8, 4) is 0 Å². The molecule has 0 aromatic heterocycles. The van der Waals surface area contributed by atoms with Crippen molar-refractivity contribution < 1.29 is 19.1 Å². The van der Waals surface area contributed by atoms with Crippen molar-refractivity contribution in [1.29, 1.82) is 0 Å². The summed E-state index contributed by atoms with van der Waals surface area (Å²) in [5.41, 5.74) is 9.02. The zero-order valence-corrected chi connectivity index (χ0v) is 10.1. The lowest BCUT2D eigenvalue weighted by Gasteiger charge is -2.28. The van der Waals surface area contributed by atoms with E-state index in [1.54, 1.807) is 20.8 Å². The molecule has 6 nitrogen and oxygen atoms in total. The Kier molecular flexibility index (Phi) is 5.40. The van der Waals surface area contributed by atoms with E-state index in [1.165, 1.54) is 7.11 Å².